The molecule has 15 heavy (non-hydrogen) atoms. The maximum atomic E-state index is 9.03. The minimum Gasteiger partial charge on any atom is -0.254 e. The van der Waals surface area contributed by atoms with Gasteiger partial charge in [0.25, 0.3) is 0 Å². The van der Waals surface area contributed by atoms with Crippen LogP contribution < -0.4 is 4.72 Å². The molecule has 0 saturated carbocycles. The number of thiol groups is 2. The van der Waals surface area contributed by atoms with Gasteiger partial charge in [-0.15, -0.1) is 0 Å². The van der Waals surface area contributed by atoms with Crippen molar-refractivity contribution in [1.82, 2.24) is 4.72 Å². The molecule has 0 aliphatic carbocycles. The van der Waals surface area contributed by atoms with E-state index < -0.39 is 0 Å². The van der Waals surface area contributed by atoms with Crippen LogP contribution in [0.5, 0.6) is 0 Å². The summed E-state index contributed by atoms with van der Waals surface area (Å²) >= 11 is 8.01. The number of nitrogens with one attached hydrogen (secondary N) is 1. The van der Waals surface area contributed by atoms with Crippen LogP contribution in [-0.4, -0.2) is 6.04 Å². The van der Waals surface area contributed by atoms with Gasteiger partial charge >= 0.3 is 0 Å². The average Bonchev–Trinajstić information content (AvgIpc) is 2.21. The van der Waals surface area contributed by atoms with E-state index in [9.17, 15) is 0 Å². The third kappa shape index (κ3) is 4.61. The topological polar surface area (TPSA) is 35.8 Å². The van der Waals surface area contributed by atoms with Crippen molar-refractivity contribution in [2.75, 3.05) is 0 Å². The van der Waals surface area contributed by atoms with Crippen LogP contribution >= 0.6 is 25.4 Å². The van der Waals surface area contributed by atoms with E-state index in [1.54, 1.807) is 5.41 Å². The number of nitriles is 1. The summed E-state index contributed by atoms with van der Waals surface area (Å²) in [4.78, 5) is 0. The smallest absolute Gasteiger partial charge is 0.0967 e. The number of hydrogen-bond acceptors (Lipinski definition) is 4. The Bertz CT molecular complexity index is 331. The molecule has 1 atom stereocenters. The zero-order valence-corrected chi connectivity index (χ0v) is 10.9. The molecule has 82 valence electrons. The first kappa shape index (κ1) is 14.4. The second-order valence-electron chi connectivity index (χ2n) is 3.34. The summed E-state index contributed by atoms with van der Waals surface area (Å²) in [6, 6.07) is 2.05. The first-order valence-corrected chi connectivity index (χ1v) is 5.49. The molecule has 0 spiro atoms. The monoisotopic (exact) mass is 240 g/mol. The minimum absolute atomic E-state index is 0.145. The Morgan fingerprint density at radius 3 is 2.33 bits per heavy atom. The van der Waals surface area contributed by atoms with Crippen LogP contribution in [0.4, 0.5) is 0 Å². The predicted octanol–water partition coefficient (Wildman–Crippen LogP) is 3.04. The van der Waals surface area contributed by atoms with Crippen LogP contribution in [0, 0.1) is 11.3 Å². The van der Waals surface area contributed by atoms with Gasteiger partial charge < -0.3 is 0 Å². The fourth-order valence-corrected chi connectivity index (χ4v) is 1.57. The second kappa shape index (κ2) is 7.63. The van der Waals surface area contributed by atoms with Crippen molar-refractivity contribution in [3.8, 4) is 6.07 Å². The highest BCUT2D eigenvalue weighted by Gasteiger charge is 2.14. The first-order chi connectivity index (χ1) is 7.08. The maximum absolute atomic E-state index is 9.03. The molecule has 1 N–H and O–H groups in total. The van der Waals surface area contributed by atoms with Gasteiger partial charge in [0.2, 0.25) is 0 Å². The molecule has 0 aliphatic heterocycles. The van der Waals surface area contributed by atoms with Crippen molar-refractivity contribution in [3.63, 3.8) is 0 Å². The number of nitrogens with zero attached hydrogens (tertiary/aromatic N) is 1. The van der Waals surface area contributed by atoms with E-state index in [0.717, 1.165) is 11.1 Å². The molecule has 4 heteroatoms. The van der Waals surface area contributed by atoms with Gasteiger partial charge in [-0.3, -0.25) is 4.72 Å². The zero-order valence-electron chi connectivity index (χ0n) is 9.15. The molecule has 0 bridgehead atoms. The largest absolute Gasteiger partial charge is 0.254 e. The van der Waals surface area contributed by atoms with Crippen LogP contribution in [0.25, 0.3) is 0 Å². The third-order valence-electron chi connectivity index (χ3n) is 1.98. The van der Waals surface area contributed by atoms with Gasteiger partial charge in [0.05, 0.1) is 17.7 Å². The number of rotatable bonds is 4. The van der Waals surface area contributed by atoms with E-state index in [-0.39, 0.29) is 6.04 Å². The maximum Gasteiger partial charge on any atom is 0.0967 e. The highest BCUT2D eigenvalue weighted by atomic mass is 32.1. The van der Waals surface area contributed by atoms with Crippen molar-refractivity contribution >= 4 is 25.4 Å². The van der Waals surface area contributed by atoms with Crippen molar-refractivity contribution in [3.05, 3.63) is 34.3 Å². The first-order valence-electron chi connectivity index (χ1n) is 4.53. The molecule has 0 aromatic carbocycles. The molecular formula is C11H16N2S2. The van der Waals surface area contributed by atoms with Crippen LogP contribution in [-0.2, 0) is 0 Å². The summed E-state index contributed by atoms with van der Waals surface area (Å²) in [6.07, 6.45) is 3.72. The van der Waals surface area contributed by atoms with Gasteiger partial charge in [-0.05, 0) is 26.2 Å². The van der Waals surface area contributed by atoms with Gasteiger partial charge in [-0.25, -0.2) is 0 Å². The Labute approximate surface area is 103 Å². The fourth-order valence-electron chi connectivity index (χ4n) is 1.15. The van der Waals surface area contributed by atoms with E-state index in [2.05, 4.69) is 36.2 Å². The van der Waals surface area contributed by atoms with Crippen LogP contribution in [0.2, 0.25) is 0 Å². The van der Waals surface area contributed by atoms with Crippen LogP contribution in [0.1, 0.15) is 20.8 Å². The van der Waals surface area contributed by atoms with Crippen molar-refractivity contribution < 1.29 is 0 Å². The molecule has 0 aliphatic rings. The highest BCUT2D eigenvalue weighted by molar-refractivity contribution is 7.83. The molecule has 0 rings (SSSR count). The summed E-state index contributed by atoms with van der Waals surface area (Å²) in [7, 11) is 0. The lowest BCUT2D eigenvalue weighted by Crippen LogP contribution is -2.25. The fraction of sp³-hybridized carbons (Fsp3) is 0.364. The van der Waals surface area contributed by atoms with Crippen molar-refractivity contribution in [2.45, 2.75) is 26.8 Å². The average molecular weight is 240 g/mol. The normalized spacial score (nSPS) is 13.7. The van der Waals surface area contributed by atoms with E-state index in [0.29, 0.717) is 5.57 Å². The van der Waals surface area contributed by atoms with Gasteiger partial charge in [0, 0.05) is 0 Å². The van der Waals surface area contributed by atoms with Gasteiger partial charge in [0.1, 0.15) is 0 Å². The molecule has 0 aromatic rings. The standard InChI is InChI=1S/C11H16N2S2/c1-8(2)10(7-12)11(13-15)9(3)5-4-6-14/h4-6,11,13-15H,1-3H3/b6-4-,9-5+. The van der Waals surface area contributed by atoms with E-state index in [4.69, 9.17) is 5.26 Å². The molecule has 0 saturated heterocycles. The second-order valence-corrected chi connectivity index (χ2v) is 3.90. The molecular weight excluding hydrogens is 224 g/mol. The van der Waals surface area contributed by atoms with Gasteiger partial charge in [-0.2, -0.15) is 17.9 Å². The lowest BCUT2D eigenvalue weighted by molar-refractivity contribution is 0.840. The number of allylic oxidation sites excluding steroid dienone is 3. The van der Waals surface area contributed by atoms with Crippen LogP contribution in [0.3, 0.4) is 0 Å². The lowest BCUT2D eigenvalue weighted by Gasteiger charge is -2.16. The molecule has 0 aromatic heterocycles. The molecule has 0 radical (unpaired) electrons. The van der Waals surface area contributed by atoms with Crippen molar-refractivity contribution in [1.29, 1.82) is 5.26 Å². The van der Waals surface area contributed by atoms with E-state index in [1.165, 1.54) is 0 Å². The van der Waals surface area contributed by atoms with Crippen molar-refractivity contribution in [2.24, 2.45) is 0 Å². The lowest BCUT2D eigenvalue weighted by atomic mass is 9.98. The van der Waals surface area contributed by atoms with Gasteiger partial charge in [0.15, 0.2) is 0 Å². The van der Waals surface area contributed by atoms with Crippen LogP contribution in [0.15, 0.2) is 34.3 Å². The Kier molecular flexibility index (Phi) is 7.31. The summed E-state index contributed by atoms with van der Waals surface area (Å²) in [5, 5.41) is 10.7. The summed E-state index contributed by atoms with van der Waals surface area (Å²) in [5.41, 5.74) is 2.71. The number of hydrogen-bond donors (Lipinski definition) is 3. The quantitative estimate of drug-likeness (QED) is 0.401. The van der Waals surface area contributed by atoms with E-state index in [1.807, 2.05) is 32.9 Å². The Morgan fingerprint density at radius 1 is 1.40 bits per heavy atom. The molecule has 0 amide bonds. The molecule has 0 heterocycles. The van der Waals surface area contributed by atoms with Gasteiger partial charge in [-0.1, -0.05) is 36.1 Å². The molecule has 1 unspecified atom stereocenters. The highest BCUT2D eigenvalue weighted by Crippen LogP contribution is 2.16. The Balaban J connectivity index is 5.10. The summed E-state index contributed by atoms with van der Waals surface area (Å²) in [6.45, 7) is 5.78. The summed E-state index contributed by atoms with van der Waals surface area (Å²) in [5.74, 6) is 0. The predicted molar refractivity (Wildman–Crippen MR) is 71.8 cm³/mol. The Morgan fingerprint density at radius 2 is 2.00 bits per heavy atom. The molecule has 2 nitrogen and oxygen atoms in total. The third-order valence-corrected chi connectivity index (χ3v) is 2.41. The van der Waals surface area contributed by atoms with E-state index >= 15 is 0 Å². The minimum atomic E-state index is -0.145. The SMILES string of the molecule is CC(C)=C(C#N)C(NS)/C(C)=C/C=C\S. The summed E-state index contributed by atoms with van der Waals surface area (Å²) < 4.78 is 2.83. The zero-order chi connectivity index (χ0) is 11.8. The Hall–Kier alpha value is -0.630. The molecule has 0 fully saturated rings.